The summed E-state index contributed by atoms with van der Waals surface area (Å²) in [6.45, 7) is 3.97. The van der Waals surface area contributed by atoms with Crippen molar-refractivity contribution in [2.45, 2.75) is 6.42 Å². The second-order valence-electron chi connectivity index (χ2n) is 4.05. The van der Waals surface area contributed by atoms with Gasteiger partial charge in [0.25, 0.3) is 0 Å². The summed E-state index contributed by atoms with van der Waals surface area (Å²) in [7, 11) is 1.99. The van der Waals surface area contributed by atoms with E-state index >= 15 is 0 Å². The number of carbonyl (C=O) groups excluding carboxylic acids is 2. The van der Waals surface area contributed by atoms with Gasteiger partial charge in [0.05, 0.1) is 0 Å². The van der Waals surface area contributed by atoms with Gasteiger partial charge < -0.3 is 21.3 Å². The molecule has 0 radical (unpaired) electrons. The largest absolute Gasteiger partial charge is 0.354 e. The Balaban J connectivity index is 2.33. The first kappa shape index (κ1) is 13.9. The standard InChI is InChI=1S/C10H21N5O2/c1-15-7-11-2-4-13-9(16)6-10(17)14-5-3-12-8-15/h11-12H,2-8H2,1H3,(H,13,16)(H,14,17). The van der Waals surface area contributed by atoms with Crippen LogP contribution in [0.3, 0.4) is 0 Å². The van der Waals surface area contributed by atoms with Crippen LogP contribution in [-0.4, -0.2) is 63.3 Å². The van der Waals surface area contributed by atoms with Gasteiger partial charge in [0.2, 0.25) is 11.8 Å². The maximum atomic E-state index is 11.3. The summed E-state index contributed by atoms with van der Waals surface area (Å²) in [6, 6.07) is 0. The van der Waals surface area contributed by atoms with Crippen molar-refractivity contribution in [1.29, 1.82) is 0 Å². The summed E-state index contributed by atoms with van der Waals surface area (Å²) in [5.74, 6) is -0.467. The van der Waals surface area contributed by atoms with Gasteiger partial charge in [-0.1, -0.05) is 0 Å². The molecule has 4 N–H and O–H groups in total. The fourth-order valence-corrected chi connectivity index (χ4v) is 1.45. The van der Waals surface area contributed by atoms with Gasteiger partial charge in [-0.25, -0.2) is 0 Å². The van der Waals surface area contributed by atoms with Gasteiger partial charge in [0, 0.05) is 39.5 Å². The van der Waals surface area contributed by atoms with Gasteiger partial charge in [-0.3, -0.25) is 14.5 Å². The fraction of sp³-hybridized carbons (Fsp3) is 0.800. The lowest BCUT2D eigenvalue weighted by Gasteiger charge is -2.19. The van der Waals surface area contributed by atoms with Crippen molar-refractivity contribution in [3.8, 4) is 0 Å². The zero-order valence-electron chi connectivity index (χ0n) is 10.2. The average Bonchev–Trinajstić information content (AvgIpc) is 2.27. The van der Waals surface area contributed by atoms with Gasteiger partial charge >= 0.3 is 0 Å². The number of hydrogen-bond acceptors (Lipinski definition) is 5. The third-order valence-corrected chi connectivity index (χ3v) is 2.33. The van der Waals surface area contributed by atoms with Crippen molar-refractivity contribution < 1.29 is 9.59 Å². The molecule has 7 nitrogen and oxygen atoms in total. The van der Waals surface area contributed by atoms with Gasteiger partial charge in [-0.15, -0.1) is 0 Å². The second kappa shape index (κ2) is 7.99. The van der Waals surface area contributed by atoms with Crippen LogP contribution in [0.1, 0.15) is 6.42 Å². The van der Waals surface area contributed by atoms with Crippen molar-refractivity contribution >= 4 is 11.8 Å². The molecule has 1 aliphatic heterocycles. The predicted molar refractivity (Wildman–Crippen MR) is 64.1 cm³/mol. The summed E-state index contributed by atoms with van der Waals surface area (Å²) >= 11 is 0. The predicted octanol–water partition coefficient (Wildman–Crippen LogP) is -2.35. The summed E-state index contributed by atoms with van der Waals surface area (Å²) in [5, 5.41) is 11.8. The molecule has 0 saturated carbocycles. The summed E-state index contributed by atoms with van der Waals surface area (Å²) in [4.78, 5) is 24.7. The van der Waals surface area contributed by atoms with Gasteiger partial charge in [-0.2, -0.15) is 0 Å². The lowest BCUT2D eigenvalue weighted by atomic mass is 10.3. The van der Waals surface area contributed by atoms with E-state index in [-0.39, 0.29) is 18.2 Å². The normalized spacial score (nSPS) is 22.4. The van der Waals surface area contributed by atoms with Crippen LogP contribution in [0.15, 0.2) is 0 Å². The lowest BCUT2D eigenvalue weighted by Crippen LogP contribution is -2.44. The highest BCUT2D eigenvalue weighted by Crippen LogP contribution is 1.81. The number of carbonyl (C=O) groups is 2. The summed E-state index contributed by atoms with van der Waals surface area (Å²) < 4.78 is 0. The molecule has 0 aromatic heterocycles. The minimum atomic E-state index is -0.234. The molecule has 1 saturated heterocycles. The Morgan fingerprint density at radius 1 is 0.882 bits per heavy atom. The van der Waals surface area contributed by atoms with Crippen LogP contribution in [0.25, 0.3) is 0 Å². The first-order chi connectivity index (χ1) is 8.18. The Morgan fingerprint density at radius 2 is 1.35 bits per heavy atom. The van der Waals surface area contributed by atoms with E-state index in [2.05, 4.69) is 26.2 Å². The quantitative estimate of drug-likeness (QED) is 0.358. The average molecular weight is 243 g/mol. The number of nitrogens with one attached hydrogen (secondary N) is 4. The molecule has 98 valence electrons. The van der Waals surface area contributed by atoms with Gasteiger partial charge in [0.1, 0.15) is 6.42 Å². The van der Waals surface area contributed by atoms with E-state index in [9.17, 15) is 9.59 Å². The molecule has 1 aliphatic rings. The SMILES string of the molecule is CN1CNCCNC(=O)CC(=O)NCCNC1. The molecule has 0 spiro atoms. The first-order valence-corrected chi connectivity index (χ1v) is 5.82. The fourth-order valence-electron chi connectivity index (χ4n) is 1.45. The Labute approximate surface area is 101 Å². The molecule has 0 aromatic carbocycles. The molecular formula is C10H21N5O2. The zero-order valence-corrected chi connectivity index (χ0v) is 10.2. The number of rotatable bonds is 0. The van der Waals surface area contributed by atoms with E-state index in [0.29, 0.717) is 26.2 Å². The zero-order chi connectivity index (χ0) is 12.5. The molecule has 2 amide bonds. The smallest absolute Gasteiger partial charge is 0.229 e. The Kier molecular flexibility index (Phi) is 6.53. The van der Waals surface area contributed by atoms with Crippen molar-refractivity contribution in [2.24, 2.45) is 0 Å². The van der Waals surface area contributed by atoms with Crippen molar-refractivity contribution in [3.05, 3.63) is 0 Å². The van der Waals surface area contributed by atoms with E-state index in [0.717, 1.165) is 13.3 Å². The van der Waals surface area contributed by atoms with Crippen LogP contribution in [0, 0.1) is 0 Å². The minimum absolute atomic E-state index is 0.0973. The van der Waals surface area contributed by atoms with Crippen LogP contribution in [0.5, 0.6) is 0 Å². The minimum Gasteiger partial charge on any atom is -0.354 e. The number of hydrogen-bond donors (Lipinski definition) is 4. The molecule has 0 atom stereocenters. The lowest BCUT2D eigenvalue weighted by molar-refractivity contribution is -0.129. The third kappa shape index (κ3) is 6.88. The second-order valence-corrected chi connectivity index (χ2v) is 4.05. The van der Waals surface area contributed by atoms with Crippen LogP contribution >= 0.6 is 0 Å². The highest BCUT2D eigenvalue weighted by molar-refractivity contribution is 5.96. The highest BCUT2D eigenvalue weighted by atomic mass is 16.2. The van der Waals surface area contributed by atoms with Crippen LogP contribution in [0.2, 0.25) is 0 Å². The third-order valence-electron chi connectivity index (χ3n) is 2.33. The Bertz CT molecular complexity index is 235. The molecular weight excluding hydrogens is 222 g/mol. The van der Waals surface area contributed by atoms with E-state index in [1.54, 1.807) is 0 Å². The molecule has 1 fully saturated rings. The molecule has 17 heavy (non-hydrogen) atoms. The maximum Gasteiger partial charge on any atom is 0.229 e. The molecule has 0 bridgehead atoms. The molecule has 0 unspecified atom stereocenters. The number of amides is 2. The highest BCUT2D eigenvalue weighted by Gasteiger charge is 2.08. The summed E-state index contributed by atoms with van der Waals surface area (Å²) in [6.07, 6.45) is -0.0973. The number of nitrogens with zero attached hydrogens (tertiary/aromatic N) is 1. The van der Waals surface area contributed by atoms with E-state index in [1.165, 1.54) is 0 Å². The van der Waals surface area contributed by atoms with Crippen molar-refractivity contribution in [3.63, 3.8) is 0 Å². The first-order valence-electron chi connectivity index (χ1n) is 5.82. The topological polar surface area (TPSA) is 85.5 Å². The summed E-state index contributed by atoms with van der Waals surface area (Å²) in [5.41, 5.74) is 0. The van der Waals surface area contributed by atoms with E-state index < -0.39 is 0 Å². The van der Waals surface area contributed by atoms with Crippen molar-refractivity contribution in [1.82, 2.24) is 26.2 Å². The molecule has 0 aromatic rings. The monoisotopic (exact) mass is 243 g/mol. The Morgan fingerprint density at radius 3 is 1.82 bits per heavy atom. The van der Waals surface area contributed by atoms with E-state index in [4.69, 9.17) is 0 Å². The van der Waals surface area contributed by atoms with Crippen LogP contribution < -0.4 is 21.3 Å². The molecule has 7 heteroatoms. The van der Waals surface area contributed by atoms with Crippen LogP contribution in [-0.2, 0) is 9.59 Å². The molecule has 0 aliphatic carbocycles. The Hall–Kier alpha value is -1.18. The molecule has 1 rings (SSSR count). The van der Waals surface area contributed by atoms with E-state index in [1.807, 2.05) is 7.05 Å². The van der Waals surface area contributed by atoms with Gasteiger partial charge in [-0.05, 0) is 7.05 Å². The maximum absolute atomic E-state index is 11.3. The van der Waals surface area contributed by atoms with Crippen LogP contribution in [0.4, 0.5) is 0 Å². The van der Waals surface area contributed by atoms with Crippen molar-refractivity contribution in [2.75, 3.05) is 46.6 Å². The molecule has 1 heterocycles. The van der Waals surface area contributed by atoms with Gasteiger partial charge in [0.15, 0.2) is 0 Å².